The first-order valence-corrected chi connectivity index (χ1v) is 8.62. The summed E-state index contributed by atoms with van der Waals surface area (Å²) < 4.78 is 2.98. The first kappa shape index (κ1) is 15.9. The van der Waals surface area contributed by atoms with Crippen LogP contribution in [0.15, 0.2) is 10.3 Å². The zero-order valence-electron chi connectivity index (χ0n) is 13.7. The van der Waals surface area contributed by atoms with Crippen molar-refractivity contribution in [2.75, 3.05) is 13.6 Å². The Morgan fingerprint density at radius 1 is 1.52 bits per heavy atom. The Labute approximate surface area is 138 Å². The highest BCUT2D eigenvalue weighted by atomic mass is 32.1. The number of carbonyl (C=O) groups excluding carboxylic acids is 1. The molecule has 0 saturated carbocycles. The van der Waals surface area contributed by atoms with Crippen LogP contribution >= 0.6 is 11.3 Å². The number of fused-ring (bicyclic) bond motifs is 1. The second kappa shape index (κ2) is 6.27. The Bertz CT molecular complexity index is 775. The highest BCUT2D eigenvalue weighted by molar-refractivity contribution is 7.09. The van der Waals surface area contributed by atoms with E-state index >= 15 is 0 Å². The van der Waals surface area contributed by atoms with Gasteiger partial charge in [-0.15, -0.1) is 11.3 Å². The van der Waals surface area contributed by atoms with Gasteiger partial charge >= 0.3 is 5.69 Å². The first-order chi connectivity index (χ1) is 11.0. The van der Waals surface area contributed by atoms with E-state index in [9.17, 15) is 9.59 Å². The molecule has 0 unspecified atom stereocenters. The number of carbonyl (C=O) groups is 1. The topological polar surface area (TPSA) is 73.0 Å². The summed E-state index contributed by atoms with van der Waals surface area (Å²) in [6.07, 6.45) is 2.25. The van der Waals surface area contributed by atoms with Gasteiger partial charge in [0.25, 0.3) is 0 Å². The van der Waals surface area contributed by atoms with Crippen molar-refractivity contribution >= 4 is 17.2 Å². The zero-order valence-corrected chi connectivity index (χ0v) is 14.5. The SMILES string of the molecule is Cc1ncsc1CCN(C)C(=O)[C@H]1CCc2nn(C)c(=O)n2C1. The lowest BCUT2D eigenvalue weighted by molar-refractivity contribution is -0.135. The molecule has 0 aliphatic carbocycles. The van der Waals surface area contributed by atoms with E-state index in [0.717, 1.165) is 24.4 Å². The van der Waals surface area contributed by atoms with E-state index in [2.05, 4.69) is 10.1 Å². The summed E-state index contributed by atoms with van der Waals surface area (Å²) in [6, 6.07) is 0. The maximum Gasteiger partial charge on any atom is 0.345 e. The van der Waals surface area contributed by atoms with Crippen LogP contribution < -0.4 is 5.69 Å². The summed E-state index contributed by atoms with van der Waals surface area (Å²) in [5.74, 6) is 0.745. The number of amides is 1. The Balaban J connectivity index is 1.63. The second-order valence-corrected chi connectivity index (χ2v) is 6.98. The second-order valence-electron chi connectivity index (χ2n) is 6.04. The third-order valence-corrected chi connectivity index (χ3v) is 5.44. The Hall–Kier alpha value is -1.96. The molecule has 3 heterocycles. The molecule has 0 bridgehead atoms. The van der Waals surface area contributed by atoms with Crippen molar-refractivity contribution in [3.8, 4) is 0 Å². The van der Waals surface area contributed by atoms with Crippen LogP contribution in [0.25, 0.3) is 0 Å². The van der Waals surface area contributed by atoms with Gasteiger partial charge in [-0.25, -0.2) is 14.5 Å². The molecule has 0 fully saturated rings. The summed E-state index contributed by atoms with van der Waals surface area (Å²) in [5.41, 5.74) is 2.74. The molecule has 7 nitrogen and oxygen atoms in total. The quantitative estimate of drug-likeness (QED) is 0.821. The van der Waals surface area contributed by atoms with Crippen LogP contribution in [0.1, 0.15) is 22.8 Å². The number of aryl methyl sites for hydroxylation is 3. The van der Waals surface area contributed by atoms with Crippen molar-refractivity contribution in [2.45, 2.75) is 32.7 Å². The number of aromatic nitrogens is 4. The largest absolute Gasteiger partial charge is 0.345 e. The minimum absolute atomic E-state index is 0.105. The number of thiazole rings is 1. The molecular formula is C15H21N5O2S. The summed E-state index contributed by atoms with van der Waals surface area (Å²) in [7, 11) is 3.48. The highest BCUT2D eigenvalue weighted by Crippen LogP contribution is 2.19. The van der Waals surface area contributed by atoms with Gasteiger partial charge in [0.1, 0.15) is 5.82 Å². The minimum atomic E-state index is -0.142. The molecule has 124 valence electrons. The fourth-order valence-electron chi connectivity index (χ4n) is 3.00. The van der Waals surface area contributed by atoms with Gasteiger partial charge in [-0.1, -0.05) is 0 Å². The predicted molar refractivity (Wildman–Crippen MR) is 87.5 cm³/mol. The number of hydrogen-bond acceptors (Lipinski definition) is 5. The van der Waals surface area contributed by atoms with Crippen LogP contribution in [0, 0.1) is 12.8 Å². The number of nitrogens with zero attached hydrogens (tertiary/aromatic N) is 5. The molecule has 0 radical (unpaired) electrons. The molecule has 8 heteroatoms. The lowest BCUT2D eigenvalue weighted by Gasteiger charge is -2.26. The van der Waals surface area contributed by atoms with Crippen LogP contribution in [0.4, 0.5) is 0 Å². The maximum atomic E-state index is 12.6. The Morgan fingerprint density at radius 3 is 3.00 bits per heavy atom. The van der Waals surface area contributed by atoms with Crippen molar-refractivity contribution in [1.82, 2.24) is 24.2 Å². The molecule has 1 amide bonds. The van der Waals surface area contributed by atoms with E-state index in [-0.39, 0.29) is 17.5 Å². The zero-order chi connectivity index (χ0) is 16.6. The van der Waals surface area contributed by atoms with Crippen molar-refractivity contribution in [3.05, 3.63) is 32.4 Å². The predicted octanol–water partition coefficient (Wildman–Crippen LogP) is 0.610. The van der Waals surface area contributed by atoms with Crippen molar-refractivity contribution in [2.24, 2.45) is 13.0 Å². The number of likely N-dealkylation sites (N-methyl/N-ethyl adjacent to an activating group) is 1. The van der Waals surface area contributed by atoms with E-state index in [1.807, 2.05) is 19.5 Å². The maximum absolute atomic E-state index is 12.6. The number of hydrogen-bond donors (Lipinski definition) is 0. The van der Waals surface area contributed by atoms with Crippen LogP contribution in [0.5, 0.6) is 0 Å². The molecule has 2 aromatic heterocycles. The van der Waals surface area contributed by atoms with Crippen LogP contribution in [0.3, 0.4) is 0 Å². The van der Waals surface area contributed by atoms with Crippen molar-refractivity contribution < 1.29 is 4.79 Å². The Morgan fingerprint density at radius 2 is 2.30 bits per heavy atom. The third-order valence-electron chi connectivity index (χ3n) is 4.45. The molecule has 1 atom stereocenters. The molecule has 0 N–H and O–H groups in total. The summed E-state index contributed by atoms with van der Waals surface area (Å²) >= 11 is 1.63. The normalized spacial score (nSPS) is 17.1. The molecule has 23 heavy (non-hydrogen) atoms. The highest BCUT2D eigenvalue weighted by Gasteiger charge is 2.29. The lowest BCUT2D eigenvalue weighted by Crippen LogP contribution is -2.40. The molecule has 1 aliphatic rings. The van der Waals surface area contributed by atoms with Gasteiger partial charge in [0, 0.05) is 44.9 Å². The van der Waals surface area contributed by atoms with E-state index in [1.54, 1.807) is 27.9 Å². The Kier molecular flexibility index (Phi) is 4.34. The average Bonchev–Trinajstić information content (AvgIpc) is 3.08. The molecule has 0 spiro atoms. The molecule has 1 aliphatic heterocycles. The molecule has 3 rings (SSSR count). The first-order valence-electron chi connectivity index (χ1n) is 7.74. The molecular weight excluding hydrogens is 314 g/mol. The fraction of sp³-hybridized carbons (Fsp3) is 0.600. The molecule has 0 saturated heterocycles. The average molecular weight is 335 g/mol. The summed E-state index contributed by atoms with van der Waals surface area (Å²) in [4.78, 5) is 31.9. The molecule has 0 aromatic carbocycles. The standard InChI is InChI=1S/C15H21N5O2S/c1-10-12(23-9-16-10)6-7-18(2)14(21)11-4-5-13-17-19(3)15(22)20(13)8-11/h9,11H,4-8H2,1-3H3/t11-/m0/s1. The summed E-state index contributed by atoms with van der Waals surface area (Å²) in [5, 5.41) is 4.21. The van der Waals surface area contributed by atoms with E-state index < -0.39 is 0 Å². The lowest BCUT2D eigenvalue weighted by atomic mass is 9.98. The van der Waals surface area contributed by atoms with E-state index in [4.69, 9.17) is 0 Å². The van der Waals surface area contributed by atoms with E-state index in [0.29, 0.717) is 19.5 Å². The van der Waals surface area contributed by atoms with Crippen molar-refractivity contribution in [3.63, 3.8) is 0 Å². The van der Waals surface area contributed by atoms with Gasteiger partial charge in [0.05, 0.1) is 17.1 Å². The summed E-state index contributed by atoms with van der Waals surface area (Å²) in [6.45, 7) is 3.10. The fourth-order valence-corrected chi connectivity index (χ4v) is 3.77. The van der Waals surface area contributed by atoms with Gasteiger partial charge in [-0.05, 0) is 13.3 Å². The smallest absolute Gasteiger partial charge is 0.345 e. The van der Waals surface area contributed by atoms with E-state index in [1.165, 1.54) is 9.56 Å². The van der Waals surface area contributed by atoms with Gasteiger partial charge < -0.3 is 4.90 Å². The van der Waals surface area contributed by atoms with Gasteiger partial charge in [-0.2, -0.15) is 5.10 Å². The van der Waals surface area contributed by atoms with Crippen LogP contribution in [-0.2, 0) is 31.2 Å². The minimum Gasteiger partial charge on any atom is -0.345 e. The molecule has 2 aromatic rings. The van der Waals surface area contributed by atoms with Gasteiger partial charge in [0.15, 0.2) is 0 Å². The van der Waals surface area contributed by atoms with Crippen LogP contribution in [-0.4, -0.2) is 43.7 Å². The van der Waals surface area contributed by atoms with Gasteiger partial charge in [-0.3, -0.25) is 9.36 Å². The number of rotatable bonds is 4. The van der Waals surface area contributed by atoms with Crippen LogP contribution in [0.2, 0.25) is 0 Å². The van der Waals surface area contributed by atoms with Crippen molar-refractivity contribution in [1.29, 1.82) is 0 Å². The third kappa shape index (κ3) is 3.08. The van der Waals surface area contributed by atoms with Gasteiger partial charge in [0.2, 0.25) is 5.91 Å². The monoisotopic (exact) mass is 335 g/mol.